The van der Waals surface area contributed by atoms with E-state index in [1.54, 1.807) is 12.1 Å². The highest BCUT2D eigenvalue weighted by atomic mass is 32.2. The molecule has 1 unspecified atom stereocenters. The third-order valence-electron chi connectivity index (χ3n) is 3.15. The Morgan fingerprint density at radius 3 is 2.25 bits per heavy atom. The summed E-state index contributed by atoms with van der Waals surface area (Å²) < 4.78 is 25.9. The van der Waals surface area contributed by atoms with Crippen molar-refractivity contribution in [2.45, 2.75) is 37.1 Å². The lowest BCUT2D eigenvalue weighted by Gasteiger charge is -2.13. The summed E-state index contributed by atoms with van der Waals surface area (Å²) in [4.78, 5) is 10.7. The number of carbonyl (C=O) groups is 1. The normalized spacial score (nSPS) is 14.8. The number of hydrogen-bond acceptors (Lipinski definition) is 4. The quantitative estimate of drug-likeness (QED) is 0.695. The van der Waals surface area contributed by atoms with Crippen LogP contribution in [0.4, 0.5) is 0 Å². The molecule has 0 fully saturated rings. The second-order valence-electron chi connectivity index (χ2n) is 4.57. The molecule has 0 aliphatic heterocycles. The molecule has 7 heteroatoms. The number of aliphatic hydroxyl groups excluding tert-OH is 1. The maximum atomic E-state index is 12.0. The Morgan fingerprint density at radius 1 is 1.30 bits per heavy atom. The zero-order chi connectivity index (χ0) is 15.3. The average Bonchev–Trinajstić information content (AvgIpc) is 2.43. The van der Waals surface area contributed by atoms with E-state index in [0.29, 0.717) is 5.92 Å². The Bertz CT molecular complexity index is 553. The van der Waals surface area contributed by atoms with Gasteiger partial charge in [0.2, 0.25) is 10.0 Å². The zero-order valence-corrected chi connectivity index (χ0v) is 12.2. The van der Waals surface area contributed by atoms with Crippen LogP contribution in [0.5, 0.6) is 0 Å². The van der Waals surface area contributed by atoms with Crippen LogP contribution >= 0.6 is 0 Å². The smallest absolute Gasteiger partial charge is 0.324 e. The van der Waals surface area contributed by atoms with E-state index in [4.69, 9.17) is 10.2 Å². The van der Waals surface area contributed by atoms with Crippen LogP contribution in [0.25, 0.3) is 0 Å². The van der Waals surface area contributed by atoms with E-state index >= 15 is 0 Å². The van der Waals surface area contributed by atoms with Crippen molar-refractivity contribution in [3.8, 4) is 0 Å². The Kier molecular flexibility index (Phi) is 5.67. The van der Waals surface area contributed by atoms with Gasteiger partial charge in [0, 0.05) is 0 Å². The molecule has 20 heavy (non-hydrogen) atoms. The van der Waals surface area contributed by atoms with Crippen molar-refractivity contribution in [3.63, 3.8) is 0 Å². The lowest BCUT2D eigenvalue weighted by molar-refractivity contribution is -0.139. The second-order valence-corrected chi connectivity index (χ2v) is 6.29. The number of hydrogen-bond donors (Lipinski definition) is 3. The average molecular weight is 301 g/mol. The molecule has 1 rings (SSSR count). The molecule has 0 saturated heterocycles. The molecule has 1 aromatic rings. The molecule has 0 bridgehead atoms. The number of rotatable bonds is 7. The van der Waals surface area contributed by atoms with Gasteiger partial charge >= 0.3 is 5.97 Å². The molecule has 1 aromatic carbocycles. The highest BCUT2D eigenvalue weighted by Gasteiger charge is 2.24. The van der Waals surface area contributed by atoms with Crippen LogP contribution in [0.15, 0.2) is 29.2 Å². The zero-order valence-electron chi connectivity index (χ0n) is 11.4. The van der Waals surface area contributed by atoms with Crippen molar-refractivity contribution in [1.82, 2.24) is 4.72 Å². The van der Waals surface area contributed by atoms with E-state index in [9.17, 15) is 13.2 Å². The van der Waals surface area contributed by atoms with Gasteiger partial charge in [-0.05, 0) is 30.0 Å². The summed E-state index contributed by atoms with van der Waals surface area (Å²) >= 11 is 0. The first-order chi connectivity index (χ1) is 9.31. The summed E-state index contributed by atoms with van der Waals surface area (Å²) in [6, 6.07) is 4.73. The largest absolute Gasteiger partial charge is 0.480 e. The minimum Gasteiger partial charge on any atom is -0.480 e. The van der Waals surface area contributed by atoms with E-state index in [0.717, 1.165) is 12.0 Å². The molecule has 2 atom stereocenters. The van der Waals surface area contributed by atoms with Gasteiger partial charge in [0.25, 0.3) is 0 Å². The van der Waals surface area contributed by atoms with Crippen LogP contribution < -0.4 is 4.72 Å². The van der Waals surface area contributed by atoms with Crippen LogP contribution in [0.2, 0.25) is 0 Å². The maximum Gasteiger partial charge on any atom is 0.324 e. The summed E-state index contributed by atoms with van der Waals surface area (Å²) in [5.41, 5.74) is 1.02. The summed E-state index contributed by atoms with van der Waals surface area (Å²) in [7, 11) is -3.96. The van der Waals surface area contributed by atoms with Crippen molar-refractivity contribution < 1.29 is 23.4 Å². The number of aliphatic carboxylic acids is 1. The molecule has 0 aromatic heterocycles. The fraction of sp³-hybridized carbons (Fsp3) is 0.462. The van der Waals surface area contributed by atoms with Gasteiger partial charge in [-0.3, -0.25) is 4.79 Å². The van der Waals surface area contributed by atoms with Crippen LogP contribution in [-0.2, 0) is 14.8 Å². The van der Waals surface area contributed by atoms with Gasteiger partial charge < -0.3 is 10.2 Å². The highest BCUT2D eigenvalue weighted by Crippen LogP contribution is 2.20. The Hall–Kier alpha value is -1.44. The molecular formula is C13H19NO5S. The number of aliphatic hydroxyl groups is 1. The number of benzene rings is 1. The molecule has 0 heterocycles. The van der Waals surface area contributed by atoms with Crippen molar-refractivity contribution in [2.24, 2.45) is 0 Å². The van der Waals surface area contributed by atoms with E-state index in [1.807, 2.05) is 18.6 Å². The topological polar surface area (TPSA) is 104 Å². The molecule has 0 amide bonds. The van der Waals surface area contributed by atoms with Gasteiger partial charge in [-0.1, -0.05) is 26.0 Å². The third kappa shape index (κ3) is 4.03. The maximum absolute atomic E-state index is 12.0. The molecule has 0 aliphatic carbocycles. The molecule has 112 valence electrons. The van der Waals surface area contributed by atoms with Crippen LogP contribution in [0, 0.1) is 0 Å². The lowest BCUT2D eigenvalue weighted by atomic mass is 9.99. The number of nitrogens with one attached hydrogen (secondary N) is 1. The van der Waals surface area contributed by atoms with Crippen molar-refractivity contribution in [3.05, 3.63) is 29.8 Å². The molecule has 3 N–H and O–H groups in total. The Labute approximate surface area is 118 Å². The van der Waals surface area contributed by atoms with Crippen LogP contribution in [-0.4, -0.2) is 37.2 Å². The van der Waals surface area contributed by atoms with Gasteiger partial charge in [-0.2, -0.15) is 4.72 Å². The van der Waals surface area contributed by atoms with Gasteiger partial charge in [0.1, 0.15) is 6.04 Å². The molecular weight excluding hydrogens is 282 g/mol. The summed E-state index contributed by atoms with van der Waals surface area (Å²) in [5.74, 6) is -1.10. The van der Waals surface area contributed by atoms with Gasteiger partial charge in [-0.25, -0.2) is 8.42 Å². The minimum absolute atomic E-state index is 0.0238. The number of sulfonamides is 1. The van der Waals surface area contributed by atoms with E-state index in [-0.39, 0.29) is 4.90 Å². The lowest BCUT2D eigenvalue weighted by Crippen LogP contribution is -2.43. The van der Waals surface area contributed by atoms with E-state index in [2.05, 4.69) is 0 Å². The molecule has 0 aliphatic rings. The molecule has 0 radical (unpaired) electrons. The first kappa shape index (κ1) is 16.6. The number of carboxylic acids is 1. The van der Waals surface area contributed by atoms with Gasteiger partial charge in [0.05, 0.1) is 11.5 Å². The first-order valence-corrected chi connectivity index (χ1v) is 7.76. The SMILES string of the molecule is CCC(C)c1ccc(S(=O)(=O)N[C@@H](CO)C(=O)O)cc1. The highest BCUT2D eigenvalue weighted by molar-refractivity contribution is 7.89. The van der Waals surface area contributed by atoms with E-state index < -0.39 is 28.6 Å². The van der Waals surface area contributed by atoms with Crippen LogP contribution in [0.3, 0.4) is 0 Å². The predicted molar refractivity (Wildman–Crippen MR) is 74.0 cm³/mol. The Morgan fingerprint density at radius 2 is 1.85 bits per heavy atom. The van der Waals surface area contributed by atoms with Crippen LogP contribution in [0.1, 0.15) is 31.7 Å². The standard InChI is InChI=1S/C13H19NO5S/c1-3-9(2)10-4-6-11(7-5-10)20(18,19)14-12(8-15)13(16)17/h4-7,9,12,14-15H,3,8H2,1-2H3,(H,16,17)/t9?,12-/m0/s1. The molecule has 0 spiro atoms. The second kappa shape index (κ2) is 6.83. The summed E-state index contributed by atoms with van der Waals surface area (Å²) in [6.45, 7) is 3.27. The summed E-state index contributed by atoms with van der Waals surface area (Å²) in [6.07, 6.45) is 0.940. The third-order valence-corrected chi connectivity index (χ3v) is 4.64. The molecule has 6 nitrogen and oxygen atoms in total. The fourth-order valence-electron chi connectivity index (χ4n) is 1.63. The van der Waals surface area contributed by atoms with Crippen molar-refractivity contribution >= 4 is 16.0 Å². The monoisotopic (exact) mass is 301 g/mol. The van der Waals surface area contributed by atoms with Gasteiger partial charge in [-0.15, -0.1) is 0 Å². The minimum atomic E-state index is -3.96. The molecule has 0 saturated carbocycles. The summed E-state index contributed by atoms with van der Waals surface area (Å²) in [5, 5.41) is 17.6. The Balaban J connectivity index is 2.96. The first-order valence-electron chi connectivity index (χ1n) is 6.27. The fourth-order valence-corrected chi connectivity index (χ4v) is 2.81. The van der Waals surface area contributed by atoms with Crippen molar-refractivity contribution in [1.29, 1.82) is 0 Å². The number of carboxylic acid groups (broad SMARTS) is 1. The van der Waals surface area contributed by atoms with E-state index in [1.165, 1.54) is 12.1 Å². The van der Waals surface area contributed by atoms with Gasteiger partial charge in [0.15, 0.2) is 0 Å². The predicted octanol–water partition coefficient (Wildman–Crippen LogP) is 0.924. The van der Waals surface area contributed by atoms with Crippen molar-refractivity contribution in [2.75, 3.05) is 6.61 Å².